The maximum Gasteiger partial charge on any atom is 0.231 e. The third-order valence-corrected chi connectivity index (χ3v) is 5.09. The molecule has 1 atom stereocenters. The van der Waals surface area contributed by atoms with E-state index in [0.29, 0.717) is 19.8 Å². The van der Waals surface area contributed by atoms with Gasteiger partial charge >= 0.3 is 0 Å². The predicted molar refractivity (Wildman–Crippen MR) is 92.4 cm³/mol. The molecule has 3 heterocycles. The van der Waals surface area contributed by atoms with Crippen molar-refractivity contribution in [1.82, 2.24) is 14.7 Å². The number of likely N-dealkylation sites (tertiary alicyclic amines) is 1. The summed E-state index contributed by atoms with van der Waals surface area (Å²) in [5, 5.41) is 4.22. The molecule has 1 amide bonds. The van der Waals surface area contributed by atoms with E-state index in [1.165, 1.54) is 5.56 Å². The molecule has 1 aromatic heterocycles. The molecule has 1 aromatic carbocycles. The molecule has 1 fully saturated rings. The monoisotopic (exact) mass is 341 g/mol. The van der Waals surface area contributed by atoms with Gasteiger partial charge in [0.05, 0.1) is 6.54 Å². The molecule has 0 aliphatic carbocycles. The van der Waals surface area contributed by atoms with E-state index in [-0.39, 0.29) is 11.3 Å². The van der Waals surface area contributed by atoms with Crippen molar-refractivity contribution in [2.75, 3.05) is 19.9 Å². The number of hydrogen-bond acceptors (Lipinski definition) is 4. The predicted octanol–water partition coefficient (Wildman–Crippen LogP) is 2.48. The average Bonchev–Trinajstić information content (AvgIpc) is 3.27. The zero-order valence-corrected chi connectivity index (χ0v) is 14.5. The number of rotatable bonds is 5. The van der Waals surface area contributed by atoms with Crippen LogP contribution in [0.15, 0.2) is 36.7 Å². The van der Waals surface area contributed by atoms with Crippen LogP contribution in [-0.2, 0) is 17.8 Å². The highest BCUT2D eigenvalue weighted by molar-refractivity contribution is 5.77. The minimum Gasteiger partial charge on any atom is -0.454 e. The molecule has 2 aliphatic heterocycles. The van der Waals surface area contributed by atoms with Gasteiger partial charge in [0.2, 0.25) is 12.7 Å². The van der Waals surface area contributed by atoms with Crippen molar-refractivity contribution in [3.05, 3.63) is 42.2 Å². The van der Waals surface area contributed by atoms with Crippen LogP contribution in [-0.4, -0.2) is 40.5 Å². The molecule has 4 rings (SSSR count). The fourth-order valence-electron chi connectivity index (χ4n) is 3.74. The number of piperidine rings is 1. The van der Waals surface area contributed by atoms with Crippen molar-refractivity contribution in [3.63, 3.8) is 0 Å². The lowest BCUT2D eigenvalue weighted by Gasteiger charge is -2.40. The molecule has 132 valence electrons. The lowest BCUT2D eigenvalue weighted by Crippen LogP contribution is -2.47. The summed E-state index contributed by atoms with van der Waals surface area (Å²) in [5.74, 6) is 1.88. The molecular formula is C19H23N3O3. The van der Waals surface area contributed by atoms with Gasteiger partial charge in [0.15, 0.2) is 11.5 Å². The average molecular weight is 341 g/mol. The van der Waals surface area contributed by atoms with Crippen molar-refractivity contribution in [3.8, 4) is 11.5 Å². The molecule has 0 N–H and O–H groups in total. The van der Waals surface area contributed by atoms with Crippen molar-refractivity contribution in [1.29, 1.82) is 0 Å². The number of aromatic nitrogens is 2. The third-order valence-electron chi connectivity index (χ3n) is 5.09. The van der Waals surface area contributed by atoms with Crippen LogP contribution in [0.2, 0.25) is 0 Å². The minimum absolute atomic E-state index is 0.0751. The van der Waals surface area contributed by atoms with Gasteiger partial charge in [-0.1, -0.05) is 13.0 Å². The summed E-state index contributed by atoms with van der Waals surface area (Å²) in [4.78, 5) is 14.3. The Morgan fingerprint density at radius 1 is 1.24 bits per heavy atom. The summed E-state index contributed by atoms with van der Waals surface area (Å²) in [5.41, 5.74) is 1.30. The molecule has 0 bridgehead atoms. The summed E-state index contributed by atoms with van der Waals surface area (Å²) >= 11 is 0. The Kier molecular flexibility index (Phi) is 4.11. The second-order valence-electron chi connectivity index (χ2n) is 7.26. The van der Waals surface area contributed by atoms with Crippen LogP contribution in [0.5, 0.6) is 11.5 Å². The molecule has 2 aliphatic rings. The summed E-state index contributed by atoms with van der Waals surface area (Å²) in [6.07, 6.45) is 6.15. The number of fused-ring (bicyclic) bond motifs is 1. The highest BCUT2D eigenvalue weighted by atomic mass is 16.7. The highest BCUT2D eigenvalue weighted by Crippen LogP contribution is 2.37. The zero-order valence-electron chi connectivity index (χ0n) is 14.5. The Morgan fingerprint density at radius 2 is 2.12 bits per heavy atom. The van der Waals surface area contributed by atoms with Gasteiger partial charge in [-0.15, -0.1) is 0 Å². The standard InChI is InChI=1S/C19H23N3O3/c1-19(12-15-3-4-16-17(11-15)25-14-24-16)6-5-18(23)21(13-19)9-10-22-8-2-7-20-22/h2-4,7-8,11H,5-6,9-10,12-14H2,1H3/t19-/m0/s1. The lowest BCUT2D eigenvalue weighted by atomic mass is 9.76. The Hall–Kier alpha value is -2.50. The van der Waals surface area contributed by atoms with Crippen molar-refractivity contribution < 1.29 is 14.3 Å². The Bertz CT molecular complexity index is 759. The second kappa shape index (κ2) is 6.43. The molecule has 0 radical (unpaired) electrons. The van der Waals surface area contributed by atoms with Gasteiger partial charge in [-0.05, 0) is 42.0 Å². The highest BCUT2D eigenvalue weighted by Gasteiger charge is 2.35. The minimum atomic E-state index is 0.0751. The van der Waals surface area contributed by atoms with E-state index in [9.17, 15) is 4.79 Å². The SMILES string of the molecule is C[C@@]1(Cc2ccc3c(c2)OCO3)CCC(=O)N(CCn2cccn2)C1. The van der Waals surface area contributed by atoms with Gasteiger partial charge in [0.25, 0.3) is 0 Å². The Morgan fingerprint density at radius 3 is 2.96 bits per heavy atom. The van der Waals surface area contributed by atoms with Gasteiger partial charge in [-0.3, -0.25) is 9.48 Å². The molecule has 0 unspecified atom stereocenters. The number of carbonyl (C=O) groups is 1. The number of carbonyl (C=O) groups excluding carboxylic acids is 1. The molecule has 2 aromatic rings. The van der Waals surface area contributed by atoms with E-state index >= 15 is 0 Å². The molecule has 25 heavy (non-hydrogen) atoms. The molecular weight excluding hydrogens is 318 g/mol. The first-order valence-electron chi connectivity index (χ1n) is 8.75. The fraction of sp³-hybridized carbons (Fsp3) is 0.474. The molecule has 1 saturated heterocycles. The topological polar surface area (TPSA) is 56.6 Å². The van der Waals surface area contributed by atoms with Gasteiger partial charge in [0.1, 0.15) is 0 Å². The van der Waals surface area contributed by atoms with Crippen LogP contribution in [0.1, 0.15) is 25.3 Å². The Balaban J connectivity index is 1.42. The fourth-order valence-corrected chi connectivity index (χ4v) is 3.74. The van der Waals surface area contributed by atoms with E-state index in [1.807, 2.05) is 27.9 Å². The van der Waals surface area contributed by atoms with Crippen LogP contribution < -0.4 is 9.47 Å². The van der Waals surface area contributed by atoms with E-state index < -0.39 is 0 Å². The molecule has 0 saturated carbocycles. The summed E-state index contributed by atoms with van der Waals surface area (Å²) in [7, 11) is 0. The quantitative estimate of drug-likeness (QED) is 0.838. The van der Waals surface area contributed by atoms with Crippen molar-refractivity contribution >= 4 is 5.91 Å². The number of amides is 1. The van der Waals surface area contributed by atoms with E-state index in [0.717, 1.165) is 37.4 Å². The number of hydrogen-bond donors (Lipinski definition) is 0. The van der Waals surface area contributed by atoms with Gasteiger partial charge in [-0.2, -0.15) is 5.10 Å². The normalized spacial score (nSPS) is 22.4. The van der Waals surface area contributed by atoms with Gasteiger partial charge < -0.3 is 14.4 Å². The number of nitrogens with zero attached hydrogens (tertiary/aromatic N) is 3. The van der Waals surface area contributed by atoms with Crippen molar-refractivity contribution in [2.45, 2.75) is 32.7 Å². The van der Waals surface area contributed by atoms with E-state index in [4.69, 9.17) is 9.47 Å². The number of ether oxygens (including phenoxy) is 2. The van der Waals surface area contributed by atoms with Crippen LogP contribution in [0.4, 0.5) is 0 Å². The van der Waals surface area contributed by atoms with Crippen LogP contribution in [0.25, 0.3) is 0 Å². The van der Waals surface area contributed by atoms with Crippen LogP contribution >= 0.6 is 0 Å². The first kappa shape index (κ1) is 16.0. The van der Waals surface area contributed by atoms with Crippen molar-refractivity contribution in [2.24, 2.45) is 5.41 Å². The summed E-state index contributed by atoms with van der Waals surface area (Å²) in [6.45, 7) is 4.79. The van der Waals surface area contributed by atoms with Crippen LogP contribution in [0, 0.1) is 5.41 Å². The first-order chi connectivity index (χ1) is 12.1. The second-order valence-corrected chi connectivity index (χ2v) is 7.26. The smallest absolute Gasteiger partial charge is 0.231 e. The van der Waals surface area contributed by atoms with Crippen LogP contribution in [0.3, 0.4) is 0 Å². The molecule has 0 spiro atoms. The van der Waals surface area contributed by atoms with Gasteiger partial charge in [-0.25, -0.2) is 0 Å². The molecule has 6 heteroatoms. The maximum absolute atomic E-state index is 12.3. The number of benzene rings is 1. The first-order valence-corrected chi connectivity index (χ1v) is 8.75. The summed E-state index contributed by atoms with van der Waals surface area (Å²) in [6, 6.07) is 8.05. The third kappa shape index (κ3) is 3.48. The maximum atomic E-state index is 12.3. The Labute approximate surface area is 147 Å². The van der Waals surface area contributed by atoms with E-state index in [1.54, 1.807) is 6.20 Å². The molecule has 6 nitrogen and oxygen atoms in total. The van der Waals surface area contributed by atoms with Gasteiger partial charge in [0, 0.05) is 31.9 Å². The van der Waals surface area contributed by atoms with E-state index in [2.05, 4.69) is 24.2 Å². The summed E-state index contributed by atoms with van der Waals surface area (Å²) < 4.78 is 12.7. The largest absolute Gasteiger partial charge is 0.454 e. The zero-order chi connectivity index (χ0) is 17.3. The lowest BCUT2D eigenvalue weighted by molar-refractivity contribution is -0.137.